The number of amidine groups is 1. The van der Waals surface area contributed by atoms with E-state index in [1.165, 1.54) is 6.07 Å². The van der Waals surface area contributed by atoms with Crippen LogP contribution in [0.3, 0.4) is 0 Å². The summed E-state index contributed by atoms with van der Waals surface area (Å²) in [4.78, 5) is 12.6. The van der Waals surface area contributed by atoms with Crippen LogP contribution < -0.4 is 0 Å². The van der Waals surface area contributed by atoms with E-state index < -0.39 is 4.92 Å². The predicted octanol–water partition coefficient (Wildman–Crippen LogP) is 3.28. The maximum Gasteiger partial charge on any atom is 0.280 e. The molecule has 0 bridgehead atoms. The first-order valence-corrected chi connectivity index (χ1v) is 6.84. The molecule has 21 heavy (non-hydrogen) atoms. The van der Waals surface area contributed by atoms with Crippen LogP contribution in [0.4, 0.5) is 5.69 Å². The molecule has 1 saturated heterocycles. The van der Waals surface area contributed by atoms with Gasteiger partial charge in [-0.2, -0.15) is 0 Å². The number of likely N-dealkylation sites (tertiary alicyclic amines) is 1. The van der Waals surface area contributed by atoms with Crippen molar-refractivity contribution in [3.05, 3.63) is 52.3 Å². The Morgan fingerprint density at radius 3 is 2.62 bits per heavy atom. The molecule has 3 rings (SSSR count). The Bertz CT molecular complexity index is 687. The van der Waals surface area contributed by atoms with Gasteiger partial charge in [-0.1, -0.05) is 12.1 Å². The number of hydrogen-bond acceptors (Lipinski definition) is 4. The van der Waals surface area contributed by atoms with Gasteiger partial charge < -0.3 is 9.32 Å². The Kier molecular flexibility index (Phi) is 3.43. The van der Waals surface area contributed by atoms with E-state index in [-0.39, 0.29) is 5.69 Å². The Hall–Kier alpha value is -2.63. The summed E-state index contributed by atoms with van der Waals surface area (Å²) in [5.74, 6) is 1.21. The molecule has 0 radical (unpaired) electrons. The second kappa shape index (κ2) is 5.40. The van der Waals surface area contributed by atoms with Gasteiger partial charge in [0.2, 0.25) is 0 Å². The third-order valence-electron chi connectivity index (χ3n) is 3.63. The first-order chi connectivity index (χ1) is 10.2. The number of furan rings is 1. The van der Waals surface area contributed by atoms with Crippen molar-refractivity contribution in [2.24, 2.45) is 0 Å². The lowest BCUT2D eigenvalue weighted by atomic mass is 10.1. The Morgan fingerprint density at radius 2 is 1.90 bits per heavy atom. The van der Waals surface area contributed by atoms with Crippen LogP contribution in [0.2, 0.25) is 0 Å². The minimum Gasteiger partial charge on any atom is -0.453 e. The molecule has 2 aromatic rings. The molecule has 0 amide bonds. The van der Waals surface area contributed by atoms with Crippen LogP contribution in [-0.2, 0) is 0 Å². The number of hydrogen-bond donors (Lipinski definition) is 1. The molecule has 1 N–H and O–H groups in total. The highest BCUT2D eigenvalue weighted by molar-refractivity contribution is 5.94. The van der Waals surface area contributed by atoms with Crippen molar-refractivity contribution >= 4 is 11.5 Å². The first kappa shape index (κ1) is 13.4. The van der Waals surface area contributed by atoms with Crippen LogP contribution in [-0.4, -0.2) is 28.7 Å². The molecule has 6 nitrogen and oxygen atoms in total. The lowest BCUT2D eigenvalue weighted by Crippen LogP contribution is -2.27. The monoisotopic (exact) mass is 285 g/mol. The number of rotatable bonds is 3. The summed E-state index contributed by atoms with van der Waals surface area (Å²) in [5.41, 5.74) is 0.439. The Balaban J connectivity index is 1.92. The molecule has 1 aromatic carbocycles. The van der Waals surface area contributed by atoms with Gasteiger partial charge in [0.1, 0.15) is 5.76 Å². The zero-order valence-electron chi connectivity index (χ0n) is 11.4. The lowest BCUT2D eigenvalue weighted by molar-refractivity contribution is -0.384. The van der Waals surface area contributed by atoms with E-state index in [1.807, 2.05) is 4.90 Å². The number of nitro benzene ring substituents is 1. The normalized spacial score (nSPS) is 14.4. The van der Waals surface area contributed by atoms with Crippen molar-refractivity contribution in [3.8, 4) is 11.3 Å². The number of nitrogens with zero attached hydrogens (tertiary/aromatic N) is 2. The molecule has 0 atom stereocenters. The van der Waals surface area contributed by atoms with Crippen LogP contribution in [0.15, 0.2) is 40.8 Å². The average molecular weight is 285 g/mol. The van der Waals surface area contributed by atoms with Gasteiger partial charge in [0.15, 0.2) is 11.6 Å². The molecular weight excluding hydrogens is 270 g/mol. The van der Waals surface area contributed by atoms with Gasteiger partial charge in [-0.25, -0.2) is 0 Å². The summed E-state index contributed by atoms with van der Waals surface area (Å²) in [7, 11) is 0. The first-order valence-electron chi connectivity index (χ1n) is 6.84. The van der Waals surface area contributed by atoms with E-state index in [1.54, 1.807) is 30.3 Å². The molecule has 0 unspecified atom stereocenters. The van der Waals surface area contributed by atoms with Gasteiger partial charge in [-0.15, -0.1) is 0 Å². The Labute approximate surface area is 121 Å². The quantitative estimate of drug-likeness (QED) is 0.406. The van der Waals surface area contributed by atoms with E-state index in [0.29, 0.717) is 22.9 Å². The van der Waals surface area contributed by atoms with E-state index in [0.717, 1.165) is 25.9 Å². The van der Waals surface area contributed by atoms with Crippen molar-refractivity contribution in [2.75, 3.05) is 13.1 Å². The fourth-order valence-electron chi connectivity index (χ4n) is 2.55. The topological polar surface area (TPSA) is 83.4 Å². The smallest absolute Gasteiger partial charge is 0.280 e. The molecule has 0 saturated carbocycles. The summed E-state index contributed by atoms with van der Waals surface area (Å²) in [6.07, 6.45) is 2.17. The third kappa shape index (κ3) is 2.52. The van der Waals surface area contributed by atoms with Crippen LogP contribution in [0.1, 0.15) is 18.6 Å². The van der Waals surface area contributed by atoms with E-state index in [2.05, 4.69) is 0 Å². The second-order valence-corrected chi connectivity index (χ2v) is 4.98. The van der Waals surface area contributed by atoms with E-state index in [4.69, 9.17) is 9.83 Å². The third-order valence-corrected chi connectivity index (χ3v) is 3.63. The zero-order chi connectivity index (χ0) is 14.8. The van der Waals surface area contributed by atoms with Crippen LogP contribution >= 0.6 is 0 Å². The lowest BCUT2D eigenvalue weighted by Gasteiger charge is -2.15. The molecule has 0 aliphatic carbocycles. The van der Waals surface area contributed by atoms with E-state index in [9.17, 15) is 10.1 Å². The SMILES string of the molecule is N=C(c1ccc(-c2ccccc2[N+](=O)[O-])o1)N1CCCC1. The van der Waals surface area contributed by atoms with Gasteiger partial charge in [-0.05, 0) is 31.0 Å². The van der Waals surface area contributed by atoms with Crippen molar-refractivity contribution in [2.45, 2.75) is 12.8 Å². The maximum atomic E-state index is 11.1. The molecule has 1 aromatic heterocycles. The minimum absolute atomic E-state index is 0.00565. The summed E-state index contributed by atoms with van der Waals surface area (Å²) >= 11 is 0. The van der Waals surface area contributed by atoms with Gasteiger partial charge in [-0.3, -0.25) is 15.5 Å². The number of para-hydroxylation sites is 1. The molecule has 2 heterocycles. The van der Waals surface area contributed by atoms with Gasteiger partial charge in [0, 0.05) is 19.2 Å². The number of nitrogens with one attached hydrogen (secondary N) is 1. The van der Waals surface area contributed by atoms with Crippen molar-refractivity contribution in [1.29, 1.82) is 5.41 Å². The molecule has 108 valence electrons. The Morgan fingerprint density at radius 1 is 1.19 bits per heavy atom. The van der Waals surface area contributed by atoms with Crippen molar-refractivity contribution in [1.82, 2.24) is 4.90 Å². The van der Waals surface area contributed by atoms with Crippen LogP contribution in [0, 0.1) is 15.5 Å². The summed E-state index contributed by atoms with van der Waals surface area (Å²) in [6, 6.07) is 9.84. The molecule has 1 fully saturated rings. The fourth-order valence-corrected chi connectivity index (χ4v) is 2.55. The summed E-state index contributed by atoms with van der Waals surface area (Å²) < 4.78 is 5.66. The maximum absolute atomic E-state index is 11.1. The summed E-state index contributed by atoms with van der Waals surface area (Å²) in [5, 5.41) is 19.2. The average Bonchev–Trinajstić information content (AvgIpc) is 3.18. The van der Waals surface area contributed by atoms with Gasteiger partial charge in [0.05, 0.1) is 10.5 Å². The molecule has 1 aliphatic rings. The number of benzene rings is 1. The minimum atomic E-state index is -0.427. The largest absolute Gasteiger partial charge is 0.453 e. The van der Waals surface area contributed by atoms with Crippen molar-refractivity contribution < 1.29 is 9.34 Å². The highest BCUT2D eigenvalue weighted by Gasteiger charge is 2.21. The molecule has 6 heteroatoms. The highest BCUT2D eigenvalue weighted by Crippen LogP contribution is 2.31. The molecule has 1 aliphatic heterocycles. The standard InChI is InChI=1S/C15H15N3O3/c16-15(17-9-3-4-10-17)14-8-7-13(21-14)11-5-1-2-6-12(11)18(19)20/h1-2,5-8,16H,3-4,9-10H2. The predicted molar refractivity (Wildman–Crippen MR) is 78.4 cm³/mol. The highest BCUT2D eigenvalue weighted by atomic mass is 16.6. The van der Waals surface area contributed by atoms with Gasteiger partial charge in [0.25, 0.3) is 5.69 Å². The molecular formula is C15H15N3O3. The number of nitro groups is 1. The fraction of sp³-hybridized carbons (Fsp3) is 0.267. The van der Waals surface area contributed by atoms with Gasteiger partial charge >= 0.3 is 0 Å². The van der Waals surface area contributed by atoms with Crippen LogP contribution in [0.5, 0.6) is 0 Å². The molecule has 0 spiro atoms. The van der Waals surface area contributed by atoms with E-state index >= 15 is 0 Å². The second-order valence-electron chi connectivity index (χ2n) is 4.98. The zero-order valence-corrected chi connectivity index (χ0v) is 11.4. The summed E-state index contributed by atoms with van der Waals surface area (Å²) in [6.45, 7) is 1.72. The van der Waals surface area contributed by atoms with Crippen LogP contribution in [0.25, 0.3) is 11.3 Å². The van der Waals surface area contributed by atoms with Crippen molar-refractivity contribution in [3.63, 3.8) is 0 Å².